The van der Waals surface area contributed by atoms with Gasteiger partial charge < -0.3 is 4.90 Å². The molecule has 0 radical (unpaired) electrons. The molecule has 0 saturated heterocycles. The van der Waals surface area contributed by atoms with Crippen LogP contribution in [0.5, 0.6) is 0 Å². The highest BCUT2D eigenvalue weighted by Crippen LogP contribution is 2.19. The summed E-state index contributed by atoms with van der Waals surface area (Å²) in [6.45, 7) is 2.69. The zero-order valence-electron chi connectivity index (χ0n) is 10.9. The fourth-order valence-corrected chi connectivity index (χ4v) is 2.12. The summed E-state index contributed by atoms with van der Waals surface area (Å²) in [4.78, 5) is 17.1. The van der Waals surface area contributed by atoms with Crippen LogP contribution >= 0.6 is 11.6 Å². The van der Waals surface area contributed by atoms with Crippen molar-refractivity contribution in [2.24, 2.45) is 0 Å². The first-order valence-electron chi connectivity index (χ1n) is 5.97. The van der Waals surface area contributed by atoms with Crippen molar-refractivity contribution in [3.05, 3.63) is 58.2 Å². The van der Waals surface area contributed by atoms with Crippen LogP contribution in [0.2, 0.25) is 5.02 Å². The van der Waals surface area contributed by atoms with Crippen LogP contribution in [-0.4, -0.2) is 18.3 Å². The molecular weight excluding hydrogens is 260 g/mol. The number of aryl methyl sites for hydroxylation is 1. The number of nitrogens with zero attached hydrogens (tertiary/aromatic N) is 2. The van der Waals surface area contributed by atoms with E-state index in [0.29, 0.717) is 5.56 Å². The molecule has 0 saturated carbocycles. The first-order chi connectivity index (χ1) is 9.10. The molecule has 0 amide bonds. The number of benzene rings is 1. The molecule has 0 bridgehead atoms. The van der Waals surface area contributed by atoms with Gasteiger partial charge in [-0.05, 0) is 36.2 Å². The van der Waals surface area contributed by atoms with Crippen LogP contribution in [-0.2, 0) is 6.54 Å². The van der Waals surface area contributed by atoms with Crippen molar-refractivity contribution in [1.29, 1.82) is 0 Å². The van der Waals surface area contributed by atoms with Crippen molar-refractivity contribution in [2.45, 2.75) is 13.5 Å². The van der Waals surface area contributed by atoms with Gasteiger partial charge in [0.1, 0.15) is 5.82 Å². The molecule has 1 aromatic carbocycles. The summed E-state index contributed by atoms with van der Waals surface area (Å²) in [5.74, 6) is 0.876. The van der Waals surface area contributed by atoms with E-state index in [4.69, 9.17) is 11.6 Å². The number of rotatable bonds is 4. The first-order valence-corrected chi connectivity index (χ1v) is 6.35. The number of carbonyl (C=O) groups excluding carboxylic acids is 1. The van der Waals surface area contributed by atoms with Gasteiger partial charge >= 0.3 is 0 Å². The molecule has 2 aromatic rings. The lowest BCUT2D eigenvalue weighted by Crippen LogP contribution is -2.18. The van der Waals surface area contributed by atoms with Gasteiger partial charge in [-0.2, -0.15) is 0 Å². The van der Waals surface area contributed by atoms with Crippen LogP contribution < -0.4 is 4.90 Å². The largest absolute Gasteiger partial charge is 0.355 e. The first kappa shape index (κ1) is 13.6. The third kappa shape index (κ3) is 3.32. The second kappa shape index (κ2) is 5.85. The van der Waals surface area contributed by atoms with Gasteiger partial charge in [0.2, 0.25) is 0 Å². The topological polar surface area (TPSA) is 33.2 Å². The molecule has 19 heavy (non-hydrogen) atoms. The van der Waals surface area contributed by atoms with E-state index in [1.54, 1.807) is 6.20 Å². The van der Waals surface area contributed by atoms with Gasteiger partial charge in [-0.25, -0.2) is 4.98 Å². The van der Waals surface area contributed by atoms with Crippen LogP contribution in [0, 0.1) is 6.92 Å². The van der Waals surface area contributed by atoms with E-state index in [1.807, 2.05) is 49.2 Å². The van der Waals surface area contributed by atoms with E-state index >= 15 is 0 Å². The second-order valence-corrected chi connectivity index (χ2v) is 4.95. The number of carbonyl (C=O) groups is 1. The van der Waals surface area contributed by atoms with Gasteiger partial charge in [0.05, 0.1) is 0 Å². The quantitative estimate of drug-likeness (QED) is 0.800. The number of pyridine rings is 1. The molecule has 0 N–H and O–H groups in total. The maximum atomic E-state index is 10.7. The highest BCUT2D eigenvalue weighted by molar-refractivity contribution is 6.30. The highest BCUT2D eigenvalue weighted by atomic mass is 35.5. The average molecular weight is 275 g/mol. The zero-order chi connectivity index (χ0) is 13.8. The van der Waals surface area contributed by atoms with E-state index < -0.39 is 0 Å². The van der Waals surface area contributed by atoms with Gasteiger partial charge in [-0.1, -0.05) is 23.7 Å². The summed E-state index contributed by atoms with van der Waals surface area (Å²) in [5, 5.41) is 0.732. The molecule has 98 valence electrons. The second-order valence-electron chi connectivity index (χ2n) is 4.51. The molecule has 1 heterocycles. The van der Waals surface area contributed by atoms with Crippen LogP contribution in [0.25, 0.3) is 0 Å². The SMILES string of the molecule is Cc1cc(C=O)cnc1N(C)Cc1ccc(Cl)cc1. The van der Waals surface area contributed by atoms with Crippen LogP contribution in [0.3, 0.4) is 0 Å². The van der Waals surface area contributed by atoms with E-state index in [2.05, 4.69) is 4.98 Å². The Kier molecular flexibility index (Phi) is 4.17. The third-order valence-electron chi connectivity index (χ3n) is 2.90. The minimum Gasteiger partial charge on any atom is -0.355 e. The molecule has 0 aliphatic rings. The number of anilines is 1. The van der Waals surface area contributed by atoms with Crippen LogP contribution in [0.4, 0.5) is 5.82 Å². The van der Waals surface area contributed by atoms with Gasteiger partial charge in [-0.15, -0.1) is 0 Å². The normalized spacial score (nSPS) is 10.3. The Hall–Kier alpha value is -1.87. The fraction of sp³-hybridized carbons (Fsp3) is 0.200. The Balaban J connectivity index is 2.17. The minimum absolute atomic E-state index is 0.598. The van der Waals surface area contributed by atoms with Crippen molar-refractivity contribution >= 4 is 23.7 Å². The summed E-state index contributed by atoms with van der Waals surface area (Å²) >= 11 is 5.86. The Morgan fingerprint density at radius 3 is 2.58 bits per heavy atom. The average Bonchev–Trinajstić information content (AvgIpc) is 2.41. The van der Waals surface area contributed by atoms with Crippen molar-refractivity contribution in [2.75, 3.05) is 11.9 Å². The van der Waals surface area contributed by atoms with E-state index in [0.717, 1.165) is 34.8 Å². The molecular formula is C15H15ClN2O. The summed E-state index contributed by atoms with van der Waals surface area (Å²) in [6.07, 6.45) is 2.40. The molecule has 2 rings (SSSR count). The minimum atomic E-state index is 0.598. The summed E-state index contributed by atoms with van der Waals surface area (Å²) in [7, 11) is 1.98. The van der Waals surface area contributed by atoms with Crippen molar-refractivity contribution in [1.82, 2.24) is 4.98 Å². The molecule has 0 unspecified atom stereocenters. The molecule has 0 spiro atoms. The third-order valence-corrected chi connectivity index (χ3v) is 3.15. The smallest absolute Gasteiger partial charge is 0.151 e. The molecule has 0 aliphatic carbocycles. The zero-order valence-corrected chi connectivity index (χ0v) is 11.7. The molecule has 4 heteroatoms. The van der Waals surface area contributed by atoms with Gasteiger partial charge in [0.15, 0.2) is 6.29 Å². The van der Waals surface area contributed by atoms with Gasteiger partial charge in [0, 0.05) is 30.4 Å². The Labute approximate surface area is 117 Å². The molecule has 3 nitrogen and oxygen atoms in total. The van der Waals surface area contributed by atoms with Crippen molar-refractivity contribution in [3.63, 3.8) is 0 Å². The summed E-state index contributed by atoms with van der Waals surface area (Å²) in [5.41, 5.74) is 2.75. The summed E-state index contributed by atoms with van der Waals surface area (Å²) in [6, 6.07) is 9.58. The standard InChI is InChI=1S/C15H15ClN2O/c1-11-7-13(10-19)8-17-15(11)18(2)9-12-3-5-14(16)6-4-12/h3-8,10H,9H2,1-2H3. The lowest BCUT2D eigenvalue weighted by molar-refractivity contribution is 0.112. The maximum Gasteiger partial charge on any atom is 0.151 e. The number of hydrogen-bond donors (Lipinski definition) is 0. The predicted octanol–water partition coefficient (Wildman–Crippen LogP) is 3.49. The van der Waals surface area contributed by atoms with Crippen molar-refractivity contribution in [3.8, 4) is 0 Å². The highest BCUT2D eigenvalue weighted by Gasteiger charge is 2.07. The summed E-state index contributed by atoms with van der Waals surface area (Å²) < 4.78 is 0. The Bertz CT molecular complexity index is 581. The van der Waals surface area contributed by atoms with E-state index in [1.165, 1.54) is 0 Å². The predicted molar refractivity (Wildman–Crippen MR) is 77.9 cm³/mol. The molecule has 0 atom stereocenters. The van der Waals surface area contributed by atoms with E-state index in [9.17, 15) is 4.79 Å². The van der Waals surface area contributed by atoms with Gasteiger partial charge in [-0.3, -0.25) is 4.79 Å². The van der Waals surface area contributed by atoms with E-state index in [-0.39, 0.29) is 0 Å². The Morgan fingerprint density at radius 1 is 1.32 bits per heavy atom. The Morgan fingerprint density at radius 2 is 2.00 bits per heavy atom. The lowest BCUT2D eigenvalue weighted by Gasteiger charge is -2.20. The monoisotopic (exact) mass is 274 g/mol. The number of aromatic nitrogens is 1. The van der Waals surface area contributed by atoms with Crippen LogP contribution in [0.1, 0.15) is 21.5 Å². The number of hydrogen-bond acceptors (Lipinski definition) is 3. The maximum absolute atomic E-state index is 10.7. The van der Waals surface area contributed by atoms with Crippen LogP contribution in [0.15, 0.2) is 36.5 Å². The van der Waals surface area contributed by atoms with Crippen molar-refractivity contribution < 1.29 is 4.79 Å². The number of aldehydes is 1. The number of halogens is 1. The molecule has 0 fully saturated rings. The molecule has 1 aromatic heterocycles. The fourth-order valence-electron chi connectivity index (χ4n) is 1.99. The lowest BCUT2D eigenvalue weighted by atomic mass is 10.2. The van der Waals surface area contributed by atoms with Gasteiger partial charge in [0.25, 0.3) is 0 Å². The molecule has 0 aliphatic heterocycles.